The molecule has 0 radical (unpaired) electrons. The van der Waals surface area contributed by atoms with Crippen LogP contribution in [0.3, 0.4) is 0 Å². The topological polar surface area (TPSA) is 69.2 Å². The first-order valence-electron chi connectivity index (χ1n) is 5.21. The molecule has 1 aromatic rings. The Morgan fingerprint density at radius 2 is 2.12 bits per heavy atom. The van der Waals surface area contributed by atoms with Gasteiger partial charge in [0.25, 0.3) is 0 Å². The van der Waals surface area contributed by atoms with Crippen LogP contribution in [-0.2, 0) is 22.0 Å². The van der Waals surface area contributed by atoms with Crippen LogP contribution in [-0.4, -0.2) is 30.7 Å². The maximum atomic E-state index is 11.5. The Morgan fingerprint density at radius 3 is 2.81 bits per heavy atom. The monoisotopic (exact) mass is 242 g/mol. The molecule has 0 N–H and O–H groups in total. The van der Waals surface area contributed by atoms with Gasteiger partial charge in [0.1, 0.15) is 5.82 Å². The lowest BCUT2D eigenvalue weighted by Crippen LogP contribution is -2.22. The lowest BCUT2D eigenvalue weighted by molar-refractivity contribution is 0.321. The van der Waals surface area contributed by atoms with E-state index >= 15 is 0 Å². The van der Waals surface area contributed by atoms with Crippen LogP contribution < -0.4 is 4.74 Å². The number of ether oxygens (including phenoxy) is 1. The first kappa shape index (κ1) is 11.3. The van der Waals surface area contributed by atoms with E-state index in [9.17, 15) is 8.42 Å². The molecule has 88 valence electrons. The molecular weight excluding hydrogens is 228 g/mol. The van der Waals surface area contributed by atoms with E-state index in [-0.39, 0.29) is 11.5 Å². The van der Waals surface area contributed by atoms with E-state index in [1.807, 2.05) is 6.92 Å². The van der Waals surface area contributed by atoms with E-state index in [1.54, 1.807) is 6.92 Å². The minimum Gasteiger partial charge on any atom is -0.478 e. The third-order valence-corrected chi connectivity index (χ3v) is 4.02. The van der Waals surface area contributed by atoms with Gasteiger partial charge in [-0.2, -0.15) is 4.98 Å². The maximum Gasteiger partial charge on any atom is 0.221 e. The van der Waals surface area contributed by atoms with Gasteiger partial charge in [0, 0.05) is 6.42 Å². The second-order valence-corrected chi connectivity index (χ2v) is 5.96. The van der Waals surface area contributed by atoms with Crippen LogP contribution in [0.25, 0.3) is 0 Å². The van der Waals surface area contributed by atoms with Gasteiger partial charge in [-0.15, -0.1) is 0 Å². The average Bonchev–Trinajstić information content (AvgIpc) is 2.19. The van der Waals surface area contributed by atoms with Crippen molar-refractivity contribution >= 4 is 9.84 Å². The number of rotatable bonds is 2. The Labute approximate surface area is 94.8 Å². The van der Waals surface area contributed by atoms with Crippen molar-refractivity contribution in [3.05, 3.63) is 17.1 Å². The van der Waals surface area contributed by atoms with Gasteiger partial charge in [-0.1, -0.05) is 0 Å². The van der Waals surface area contributed by atoms with Crippen molar-refractivity contribution in [2.24, 2.45) is 0 Å². The highest BCUT2D eigenvalue weighted by Gasteiger charge is 2.26. The molecular formula is C10H14N2O3S. The first-order valence-corrected chi connectivity index (χ1v) is 7.03. The average molecular weight is 242 g/mol. The molecule has 1 aliphatic rings. The minimum atomic E-state index is -3.01. The first-order chi connectivity index (χ1) is 7.52. The van der Waals surface area contributed by atoms with Crippen LogP contribution in [0, 0.1) is 6.92 Å². The van der Waals surface area contributed by atoms with Gasteiger partial charge in [0.05, 0.1) is 29.4 Å². The second-order valence-electron chi connectivity index (χ2n) is 3.78. The fourth-order valence-corrected chi connectivity index (χ4v) is 3.16. The SMILES string of the molecule is CCOc1nc(C)nc2c1CS(=O)(=O)CC2. The summed E-state index contributed by atoms with van der Waals surface area (Å²) in [5.74, 6) is 1.22. The third-order valence-electron chi connectivity index (χ3n) is 2.46. The molecule has 16 heavy (non-hydrogen) atoms. The highest BCUT2D eigenvalue weighted by Crippen LogP contribution is 2.26. The van der Waals surface area contributed by atoms with Gasteiger partial charge in [-0.05, 0) is 13.8 Å². The Hall–Kier alpha value is -1.17. The van der Waals surface area contributed by atoms with E-state index in [4.69, 9.17) is 4.74 Å². The molecule has 0 saturated carbocycles. The minimum absolute atomic E-state index is 0.00204. The molecule has 0 unspecified atom stereocenters. The van der Waals surface area contributed by atoms with E-state index in [2.05, 4.69) is 9.97 Å². The standard InChI is InChI=1S/C10H14N2O3S/c1-3-15-10-8-6-16(13,14)5-4-9(8)11-7(2)12-10/h3-6H2,1-2H3. The molecule has 0 aliphatic carbocycles. The van der Waals surface area contributed by atoms with Crippen molar-refractivity contribution < 1.29 is 13.2 Å². The highest BCUT2D eigenvalue weighted by molar-refractivity contribution is 7.90. The smallest absolute Gasteiger partial charge is 0.221 e. The molecule has 1 aliphatic heterocycles. The Morgan fingerprint density at radius 1 is 1.38 bits per heavy atom. The van der Waals surface area contributed by atoms with Crippen LogP contribution >= 0.6 is 0 Å². The summed E-state index contributed by atoms with van der Waals surface area (Å²) >= 11 is 0. The zero-order valence-electron chi connectivity index (χ0n) is 9.36. The van der Waals surface area contributed by atoms with Crippen molar-refractivity contribution in [3.8, 4) is 5.88 Å². The summed E-state index contributed by atoms with van der Waals surface area (Å²) in [4.78, 5) is 8.41. The Balaban J connectivity index is 2.51. The quantitative estimate of drug-likeness (QED) is 0.761. The maximum absolute atomic E-state index is 11.5. The molecule has 0 aromatic carbocycles. The lowest BCUT2D eigenvalue weighted by atomic mass is 10.2. The summed E-state index contributed by atoms with van der Waals surface area (Å²) in [7, 11) is -3.01. The number of hydrogen-bond donors (Lipinski definition) is 0. The molecule has 0 bridgehead atoms. The Kier molecular flexibility index (Phi) is 2.84. The van der Waals surface area contributed by atoms with Gasteiger partial charge in [-0.3, -0.25) is 0 Å². The van der Waals surface area contributed by atoms with Crippen LogP contribution in [0.5, 0.6) is 5.88 Å². The number of fused-ring (bicyclic) bond motifs is 1. The molecule has 0 saturated heterocycles. The molecule has 0 fully saturated rings. The number of nitrogens with zero attached hydrogens (tertiary/aromatic N) is 2. The number of aryl methyl sites for hydroxylation is 2. The van der Waals surface area contributed by atoms with Gasteiger partial charge < -0.3 is 4.74 Å². The molecule has 0 amide bonds. The van der Waals surface area contributed by atoms with Gasteiger partial charge >= 0.3 is 0 Å². The second kappa shape index (κ2) is 4.01. The van der Waals surface area contributed by atoms with Crippen molar-refractivity contribution in [1.29, 1.82) is 0 Å². The van der Waals surface area contributed by atoms with E-state index in [0.717, 1.165) is 5.69 Å². The molecule has 2 rings (SSSR count). The van der Waals surface area contributed by atoms with Crippen molar-refractivity contribution in [3.63, 3.8) is 0 Å². The fourth-order valence-electron chi connectivity index (χ4n) is 1.78. The normalized spacial score (nSPS) is 17.9. The zero-order chi connectivity index (χ0) is 11.8. The summed E-state index contributed by atoms with van der Waals surface area (Å²) < 4.78 is 28.5. The fraction of sp³-hybridized carbons (Fsp3) is 0.600. The third kappa shape index (κ3) is 2.16. The lowest BCUT2D eigenvalue weighted by Gasteiger charge is -2.18. The number of aromatic nitrogens is 2. The summed E-state index contributed by atoms with van der Waals surface area (Å²) in [6, 6.07) is 0. The van der Waals surface area contributed by atoms with Crippen molar-refractivity contribution in [1.82, 2.24) is 9.97 Å². The number of sulfone groups is 1. The summed E-state index contributed by atoms with van der Waals surface area (Å²) in [6.07, 6.45) is 0.459. The predicted molar refractivity (Wildman–Crippen MR) is 59.1 cm³/mol. The zero-order valence-corrected chi connectivity index (χ0v) is 10.2. The van der Waals surface area contributed by atoms with Crippen molar-refractivity contribution in [2.45, 2.75) is 26.0 Å². The van der Waals surface area contributed by atoms with E-state index < -0.39 is 9.84 Å². The van der Waals surface area contributed by atoms with E-state index in [0.29, 0.717) is 30.3 Å². The molecule has 0 atom stereocenters. The van der Waals surface area contributed by atoms with Crippen LogP contribution in [0.4, 0.5) is 0 Å². The summed E-state index contributed by atoms with van der Waals surface area (Å²) in [5.41, 5.74) is 1.45. The summed E-state index contributed by atoms with van der Waals surface area (Å²) in [6.45, 7) is 4.11. The molecule has 2 heterocycles. The van der Waals surface area contributed by atoms with Gasteiger partial charge in [-0.25, -0.2) is 13.4 Å². The predicted octanol–water partition coefficient (Wildman–Crippen LogP) is 0.655. The van der Waals surface area contributed by atoms with Crippen LogP contribution in [0.2, 0.25) is 0 Å². The highest BCUT2D eigenvalue weighted by atomic mass is 32.2. The molecule has 1 aromatic heterocycles. The summed E-state index contributed by atoms with van der Waals surface area (Å²) in [5, 5.41) is 0. The van der Waals surface area contributed by atoms with Crippen LogP contribution in [0.15, 0.2) is 0 Å². The number of hydrogen-bond acceptors (Lipinski definition) is 5. The Bertz CT molecular complexity index is 511. The van der Waals surface area contributed by atoms with Crippen molar-refractivity contribution in [2.75, 3.05) is 12.4 Å². The molecule has 5 nitrogen and oxygen atoms in total. The van der Waals surface area contributed by atoms with Gasteiger partial charge in [0.15, 0.2) is 9.84 Å². The largest absolute Gasteiger partial charge is 0.478 e. The van der Waals surface area contributed by atoms with Gasteiger partial charge in [0.2, 0.25) is 5.88 Å². The molecule has 6 heteroatoms. The van der Waals surface area contributed by atoms with E-state index in [1.165, 1.54) is 0 Å². The van der Waals surface area contributed by atoms with Crippen LogP contribution in [0.1, 0.15) is 24.0 Å². The molecule has 0 spiro atoms.